The van der Waals surface area contributed by atoms with Crippen molar-refractivity contribution in [3.8, 4) is 0 Å². The fourth-order valence-corrected chi connectivity index (χ4v) is 3.52. The van der Waals surface area contributed by atoms with Crippen LogP contribution in [0.15, 0.2) is 16.0 Å². The average Bonchev–Trinajstić information content (AvgIpc) is 2.91. The van der Waals surface area contributed by atoms with Gasteiger partial charge in [-0.2, -0.15) is 0 Å². The predicted molar refractivity (Wildman–Crippen MR) is 90.8 cm³/mol. The van der Waals surface area contributed by atoms with Gasteiger partial charge in [-0.3, -0.25) is 14.2 Å². The third kappa shape index (κ3) is 3.70. The minimum Gasteiger partial charge on any atom is -0.464 e. The molecule has 0 saturated carbocycles. The van der Waals surface area contributed by atoms with E-state index in [1.807, 2.05) is 33.1 Å². The summed E-state index contributed by atoms with van der Waals surface area (Å²) in [4.78, 5) is 30.9. The third-order valence-corrected chi connectivity index (χ3v) is 4.91. The largest absolute Gasteiger partial charge is 0.464 e. The van der Waals surface area contributed by atoms with Crippen molar-refractivity contribution in [1.82, 2.24) is 9.55 Å². The first-order valence-corrected chi connectivity index (χ1v) is 9.23. The number of nitrogens with zero attached hydrogens (tertiary/aromatic N) is 2. The lowest BCUT2D eigenvalue weighted by molar-refractivity contribution is -0.145. The molecule has 0 aromatic carbocycles. The Labute approximate surface area is 137 Å². The second-order valence-corrected chi connectivity index (χ2v) is 7.24. The van der Waals surface area contributed by atoms with E-state index in [4.69, 9.17) is 4.74 Å². The van der Waals surface area contributed by atoms with E-state index in [1.54, 1.807) is 0 Å². The van der Waals surface area contributed by atoms with Crippen LogP contribution in [0, 0.1) is 5.92 Å². The molecule has 0 N–H and O–H groups in total. The zero-order valence-electron chi connectivity index (χ0n) is 13.2. The molecule has 22 heavy (non-hydrogen) atoms. The minimum atomic E-state index is -0.404. The van der Waals surface area contributed by atoms with Crippen molar-refractivity contribution in [3.05, 3.63) is 21.3 Å². The third-order valence-electron chi connectivity index (χ3n) is 3.06. The highest BCUT2D eigenvalue weighted by atomic mass is 32.2. The molecule has 2 rings (SSSR count). The second-order valence-electron chi connectivity index (χ2n) is 5.35. The highest BCUT2D eigenvalue weighted by Crippen LogP contribution is 2.24. The molecule has 0 aliphatic heterocycles. The first kappa shape index (κ1) is 17.0. The van der Waals surface area contributed by atoms with Gasteiger partial charge in [0.2, 0.25) is 0 Å². The van der Waals surface area contributed by atoms with Crippen LogP contribution < -0.4 is 5.56 Å². The van der Waals surface area contributed by atoms with Crippen LogP contribution in [0.3, 0.4) is 0 Å². The molecular weight excluding hydrogens is 320 g/mol. The Kier molecular flexibility index (Phi) is 5.63. The molecule has 0 spiro atoms. The van der Waals surface area contributed by atoms with Gasteiger partial charge in [0.1, 0.15) is 11.4 Å². The Balaban J connectivity index is 2.37. The number of thiophene rings is 1. The molecule has 0 atom stereocenters. The Bertz CT molecular complexity index is 734. The van der Waals surface area contributed by atoms with Crippen molar-refractivity contribution in [2.24, 2.45) is 5.92 Å². The summed E-state index contributed by atoms with van der Waals surface area (Å²) < 4.78 is 6.57. The SMILES string of the molecule is CCc1cc2c(=O)n(CC(=O)OCC(C)C)c(SC)nc2s1. The number of fused-ring (bicyclic) bond motifs is 1. The molecule has 0 aliphatic rings. The van der Waals surface area contributed by atoms with Gasteiger partial charge < -0.3 is 4.74 Å². The van der Waals surface area contributed by atoms with Crippen LogP contribution in [0.5, 0.6) is 0 Å². The van der Waals surface area contributed by atoms with Gasteiger partial charge in [0.15, 0.2) is 5.16 Å². The molecule has 5 nitrogen and oxygen atoms in total. The summed E-state index contributed by atoms with van der Waals surface area (Å²) in [5, 5.41) is 1.12. The van der Waals surface area contributed by atoms with E-state index >= 15 is 0 Å². The van der Waals surface area contributed by atoms with Gasteiger partial charge in [0.25, 0.3) is 5.56 Å². The second kappa shape index (κ2) is 7.28. The molecule has 0 amide bonds. The summed E-state index contributed by atoms with van der Waals surface area (Å²) in [7, 11) is 0. The molecule has 0 bridgehead atoms. The number of carbonyl (C=O) groups is 1. The molecule has 0 fully saturated rings. The summed E-state index contributed by atoms with van der Waals surface area (Å²) >= 11 is 2.89. The molecule has 2 aromatic rings. The van der Waals surface area contributed by atoms with Crippen LogP contribution in [-0.4, -0.2) is 28.4 Å². The minimum absolute atomic E-state index is 0.0953. The van der Waals surface area contributed by atoms with Crippen molar-refractivity contribution >= 4 is 39.3 Å². The van der Waals surface area contributed by atoms with Crippen LogP contribution in [0.4, 0.5) is 0 Å². The van der Waals surface area contributed by atoms with Crippen LogP contribution >= 0.6 is 23.1 Å². The lowest BCUT2D eigenvalue weighted by Crippen LogP contribution is -2.28. The molecule has 7 heteroatoms. The lowest BCUT2D eigenvalue weighted by atomic mass is 10.2. The molecular formula is C15H20N2O3S2. The smallest absolute Gasteiger partial charge is 0.326 e. The summed E-state index contributed by atoms with van der Waals surface area (Å²) in [6.07, 6.45) is 2.71. The maximum absolute atomic E-state index is 12.6. The number of carbonyl (C=O) groups excluding carboxylic acids is 1. The van der Waals surface area contributed by atoms with Crippen molar-refractivity contribution in [3.63, 3.8) is 0 Å². The van der Waals surface area contributed by atoms with Gasteiger partial charge in [-0.15, -0.1) is 11.3 Å². The molecule has 0 aliphatic carbocycles. The summed E-state index contributed by atoms with van der Waals surface area (Å²) in [6.45, 7) is 6.25. The Hall–Kier alpha value is -1.34. The normalized spacial score (nSPS) is 11.3. The zero-order valence-corrected chi connectivity index (χ0v) is 14.8. The van der Waals surface area contributed by atoms with Crippen LogP contribution in [-0.2, 0) is 22.5 Å². The maximum Gasteiger partial charge on any atom is 0.326 e. The van der Waals surface area contributed by atoms with Crippen molar-refractivity contribution in [2.45, 2.75) is 38.9 Å². The fourth-order valence-electron chi connectivity index (χ4n) is 1.95. The van der Waals surface area contributed by atoms with Gasteiger partial charge in [-0.25, -0.2) is 4.98 Å². The van der Waals surface area contributed by atoms with Gasteiger partial charge in [0, 0.05) is 4.88 Å². The molecule has 0 unspecified atom stereocenters. The maximum atomic E-state index is 12.6. The van der Waals surface area contributed by atoms with Gasteiger partial charge >= 0.3 is 5.97 Å². The molecule has 2 aromatic heterocycles. The number of rotatable bonds is 6. The molecule has 0 radical (unpaired) electrons. The molecule has 2 heterocycles. The first-order chi connectivity index (χ1) is 10.5. The summed E-state index contributed by atoms with van der Waals surface area (Å²) in [6, 6.07) is 1.87. The van der Waals surface area contributed by atoms with E-state index in [2.05, 4.69) is 4.98 Å². The number of thioether (sulfide) groups is 1. The van der Waals surface area contributed by atoms with Crippen molar-refractivity contribution < 1.29 is 9.53 Å². The summed E-state index contributed by atoms with van der Waals surface area (Å²) in [5.41, 5.74) is -0.174. The van der Waals surface area contributed by atoms with E-state index in [-0.39, 0.29) is 18.0 Å². The lowest BCUT2D eigenvalue weighted by Gasteiger charge is -2.11. The Morgan fingerprint density at radius 2 is 2.23 bits per heavy atom. The van der Waals surface area contributed by atoms with Crippen molar-refractivity contribution in [1.29, 1.82) is 0 Å². The van der Waals surface area contributed by atoms with Gasteiger partial charge in [0.05, 0.1) is 12.0 Å². The van der Waals surface area contributed by atoms with Crippen LogP contribution in [0.1, 0.15) is 25.6 Å². The Morgan fingerprint density at radius 1 is 1.50 bits per heavy atom. The Morgan fingerprint density at radius 3 is 2.82 bits per heavy atom. The first-order valence-electron chi connectivity index (χ1n) is 7.19. The number of hydrogen-bond donors (Lipinski definition) is 0. The quantitative estimate of drug-likeness (QED) is 0.460. The molecule has 0 saturated heterocycles. The highest BCUT2D eigenvalue weighted by molar-refractivity contribution is 7.98. The number of aryl methyl sites for hydroxylation is 1. The number of hydrogen-bond acceptors (Lipinski definition) is 6. The monoisotopic (exact) mass is 340 g/mol. The topological polar surface area (TPSA) is 61.2 Å². The molecule has 120 valence electrons. The van der Waals surface area contributed by atoms with E-state index in [0.29, 0.717) is 17.1 Å². The number of aromatic nitrogens is 2. The number of ether oxygens (including phenoxy) is 1. The van der Waals surface area contributed by atoms with Crippen LogP contribution in [0.2, 0.25) is 0 Å². The van der Waals surface area contributed by atoms with E-state index in [1.165, 1.54) is 27.7 Å². The van der Waals surface area contributed by atoms with E-state index in [9.17, 15) is 9.59 Å². The van der Waals surface area contributed by atoms with E-state index < -0.39 is 5.97 Å². The average molecular weight is 340 g/mol. The van der Waals surface area contributed by atoms with Gasteiger partial charge in [-0.05, 0) is 24.7 Å². The van der Waals surface area contributed by atoms with E-state index in [0.717, 1.165) is 16.1 Å². The highest BCUT2D eigenvalue weighted by Gasteiger charge is 2.16. The summed E-state index contributed by atoms with van der Waals surface area (Å²) in [5.74, 6) is -0.136. The fraction of sp³-hybridized carbons (Fsp3) is 0.533. The van der Waals surface area contributed by atoms with Gasteiger partial charge in [-0.1, -0.05) is 32.5 Å². The van der Waals surface area contributed by atoms with Crippen molar-refractivity contribution in [2.75, 3.05) is 12.9 Å². The van der Waals surface area contributed by atoms with Crippen LogP contribution in [0.25, 0.3) is 10.2 Å². The predicted octanol–water partition coefficient (Wildman–Crippen LogP) is 2.94. The standard InChI is InChI=1S/C15H20N2O3S2/c1-5-10-6-11-13(22-10)16-15(21-4)17(14(11)19)7-12(18)20-8-9(2)3/h6,9H,5,7-8H2,1-4H3. The zero-order chi connectivity index (χ0) is 16.3. The number of esters is 1.